The number of hydrogen-bond donors (Lipinski definition) is 6. The van der Waals surface area contributed by atoms with E-state index < -0.39 is 79.2 Å². The number of fused-ring (bicyclic) bond motifs is 7. The molecule has 7 fully saturated rings. The van der Waals surface area contributed by atoms with Gasteiger partial charge in [-0.15, -0.1) is 0 Å². The van der Waals surface area contributed by atoms with E-state index in [1.54, 1.807) is 13.8 Å². The van der Waals surface area contributed by atoms with Crippen LogP contribution in [0.4, 0.5) is 0 Å². The van der Waals surface area contributed by atoms with E-state index in [9.17, 15) is 30.3 Å². The van der Waals surface area contributed by atoms with Gasteiger partial charge in [0.15, 0.2) is 18.4 Å². The number of rotatable bonds is 8. The van der Waals surface area contributed by atoms with Gasteiger partial charge in [-0.1, -0.05) is 53.2 Å². The topological polar surface area (TPSA) is 209 Å². The van der Waals surface area contributed by atoms with E-state index in [1.807, 2.05) is 0 Å². The Kier molecular flexibility index (Phi) is 12.1. The summed E-state index contributed by atoms with van der Waals surface area (Å²) in [4.78, 5) is 12.6. The summed E-state index contributed by atoms with van der Waals surface area (Å²) in [6.45, 7) is 15.2. The summed E-state index contributed by atoms with van der Waals surface area (Å²) in [5.74, 6) is 1.92. The highest BCUT2D eigenvalue weighted by atomic mass is 16.8. The van der Waals surface area contributed by atoms with Gasteiger partial charge in [-0.3, -0.25) is 4.79 Å². The van der Waals surface area contributed by atoms with Crippen LogP contribution >= 0.6 is 0 Å². The lowest BCUT2D eigenvalue weighted by molar-refractivity contribution is -0.370. The summed E-state index contributed by atoms with van der Waals surface area (Å²) in [5, 5.41) is 54.3. The van der Waals surface area contributed by atoms with Crippen molar-refractivity contribution in [3.63, 3.8) is 0 Å². The number of nitrogens with two attached hydrogens (primary N) is 1. The highest BCUT2D eigenvalue weighted by Gasteiger charge is 2.69. The van der Waals surface area contributed by atoms with E-state index in [-0.39, 0.29) is 35.6 Å². The summed E-state index contributed by atoms with van der Waals surface area (Å²) in [5.41, 5.74) is 7.59. The Balaban J connectivity index is 0.973. The van der Waals surface area contributed by atoms with Gasteiger partial charge in [0.05, 0.1) is 24.9 Å². The van der Waals surface area contributed by atoms with Gasteiger partial charge in [-0.25, -0.2) is 0 Å². The molecule has 5 unspecified atom stereocenters. The fourth-order valence-electron chi connectivity index (χ4n) is 13.1. The largest absolute Gasteiger partial charge is 0.462 e. The van der Waals surface area contributed by atoms with Gasteiger partial charge < -0.3 is 64.4 Å². The molecule has 4 aliphatic carbocycles. The van der Waals surface area contributed by atoms with E-state index in [4.69, 9.17) is 38.9 Å². The highest BCUT2D eigenvalue weighted by molar-refractivity contribution is 5.75. The highest BCUT2D eigenvalue weighted by Crippen LogP contribution is 2.70. The van der Waals surface area contributed by atoms with Crippen molar-refractivity contribution in [3.8, 4) is 0 Å². The minimum absolute atomic E-state index is 0.0101. The molecule has 8 aliphatic rings. The Hall–Kier alpha value is -1.27. The van der Waals surface area contributed by atoms with Crippen LogP contribution in [-0.2, 0) is 38.0 Å². The van der Waals surface area contributed by atoms with Gasteiger partial charge in [0.25, 0.3) is 0 Å². The lowest BCUT2D eigenvalue weighted by atomic mass is 9.47. The van der Waals surface area contributed by atoms with Crippen LogP contribution in [-0.4, -0.2) is 130 Å². The Morgan fingerprint density at radius 1 is 0.897 bits per heavy atom. The van der Waals surface area contributed by atoms with Crippen LogP contribution in [0.3, 0.4) is 0 Å². The second kappa shape index (κ2) is 16.1. The summed E-state index contributed by atoms with van der Waals surface area (Å²) < 4.78 is 43.7. The zero-order valence-electron chi connectivity index (χ0n) is 35.5. The molecule has 0 bridgehead atoms. The number of ether oxygens (including phenoxy) is 7. The van der Waals surface area contributed by atoms with Crippen molar-refractivity contribution in [2.75, 3.05) is 13.2 Å². The van der Waals surface area contributed by atoms with Gasteiger partial charge in [0, 0.05) is 12.3 Å². The molecule has 22 atom stereocenters. The molecule has 4 aliphatic heterocycles. The van der Waals surface area contributed by atoms with Crippen LogP contribution in [0.1, 0.15) is 106 Å². The Morgan fingerprint density at radius 2 is 1.66 bits per heavy atom. The Morgan fingerprint density at radius 3 is 2.36 bits per heavy atom. The molecular weight excluding hydrogens is 750 g/mol. The minimum Gasteiger partial charge on any atom is -0.462 e. The maximum atomic E-state index is 12.6. The smallest absolute Gasteiger partial charge is 0.323 e. The second-order valence-corrected chi connectivity index (χ2v) is 20.5. The van der Waals surface area contributed by atoms with Crippen molar-refractivity contribution in [2.24, 2.45) is 58.0 Å². The van der Waals surface area contributed by atoms with E-state index in [0.29, 0.717) is 41.9 Å². The molecule has 0 aromatic rings. The molecule has 58 heavy (non-hydrogen) atoms. The van der Waals surface area contributed by atoms with E-state index >= 15 is 0 Å². The van der Waals surface area contributed by atoms with Crippen molar-refractivity contribution in [1.29, 1.82) is 0 Å². The second-order valence-electron chi connectivity index (χ2n) is 20.5. The van der Waals surface area contributed by atoms with Crippen molar-refractivity contribution >= 4 is 5.97 Å². The molecule has 4 saturated heterocycles. The number of carbonyl (C=O) groups excluding carboxylic acids is 1. The predicted molar refractivity (Wildman–Crippen MR) is 208 cm³/mol. The van der Waals surface area contributed by atoms with Crippen LogP contribution < -0.4 is 5.73 Å². The molecule has 0 aromatic heterocycles. The predicted octanol–water partition coefficient (Wildman–Crippen LogP) is 2.92. The SMILES string of the molecule is CC1O[C@@H](OC2C(O)[C@H](O)C(COC(=O)[C@@H](N)C(C)C)O[C@H]2O[C@H]2CC[C@@]3(C)C(=CC[C@H]4[C@@H]5C[C@@H]6O[C@]7(CC[C@@H](C)CO7)[C@@H](C)[C@@H]6[C@@]5(C)CC[C@@H]43)C2)[C@@H](O)C(O)[C@H]1O. The summed E-state index contributed by atoms with van der Waals surface area (Å²) >= 11 is 0. The molecular formula is C44H71NO13. The molecule has 0 radical (unpaired) electrons. The van der Waals surface area contributed by atoms with Crippen LogP contribution in [0.5, 0.6) is 0 Å². The maximum Gasteiger partial charge on any atom is 0.323 e. The van der Waals surface area contributed by atoms with Crippen molar-refractivity contribution < 1.29 is 63.5 Å². The lowest BCUT2D eigenvalue weighted by Gasteiger charge is -2.58. The number of aliphatic hydroxyl groups is 5. The zero-order chi connectivity index (χ0) is 41.6. The third kappa shape index (κ3) is 7.24. The van der Waals surface area contributed by atoms with Crippen molar-refractivity contribution in [1.82, 2.24) is 0 Å². The molecule has 7 N–H and O–H groups in total. The standard InChI is InChI=1S/C44H71NO13/c1-20(2)32(45)39(51)52-19-30-34(47)36(49)38(57-40-37(50)35(48)33(46)23(5)54-40)41(56-30)55-25-11-13-42(6)24(16-25)8-9-26-27(42)12-14-43(7)28(26)17-29-31(43)22(4)44(58-29)15-10-21(3)18-53-44/h8,20-23,25-38,40-41,46-50H,9-19,45H2,1-7H3/t21-,22+,23?,25+,26-,27+,28+,29+,30?,31+,32+,33+,34-,35?,36?,37+,38?,40+,41-,42+,43+,44-/m1/s1. The molecule has 0 amide bonds. The number of allylic oxidation sites excluding steroid dienone is 1. The Bertz CT molecular complexity index is 1520. The van der Waals surface area contributed by atoms with Gasteiger partial charge >= 0.3 is 5.97 Å². The van der Waals surface area contributed by atoms with Crippen molar-refractivity contribution in [3.05, 3.63) is 11.6 Å². The number of carbonyl (C=O) groups is 1. The first kappa shape index (κ1) is 43.4. The third-order valence-electron chi connectivity index (χ3n) is 16.8. The quantitative estimate of drug-likeness (QED) is 0.154. The molecule has 1 spiro atoms. The fourth-order valence-corrected chi connectivity index (χ4v) is 13.1. The average Bonchev–Trinajstić information content (AvgIpc) is 3.64. The third-order valence-corrected chi connectivity index (χ3v) is 16.8. The van der Waals surface area contributed by atoms with Crippen LogP contribution in [0, 0.1) is 52.3 Å². The molecule has 14 heteroatoms. The van der Waals surface area contributed by atoms with E-state index in [0.717, 1.165) is 45.1 Å². The minimum atomic E-state index is -1.65. The normalized spacial score (nSPS) is 53.3. The van der Waals surface area contributed by atoms with Gasteiger partial charge in [0.1, 0.15) is 55.4 Å². The first-order valence-electron chi connectivity index (χ1n) is 22.3. The fraction of sp³-hybridized carbons (Fsp3) is 0.932. The summed E-state index contributed by atoms with van der Waals surface area (Å²) in [6, 6.07) is -0.877. The van der Waals surface area contributed by atoms with Crippen LogP contribution in [0.25, 0.3) is 0 Å². The average molecular weight is 822 g/mol. The van der Waals surface area contributed by atoms with Gasteiger partial charge in [-0.05, 0) is 105 Å². The number of aliphatic hydroxyl groups excluding tert-OH is 5. The monoisotopic (exact) mass is 821 g/mol. The Labute approximate surface area is 343 Å². The zero-order valence-corrected chi connectivity index (χ0v) is 35.5. The number of esters is 1. The van der Waals surface area contributed by atoms with Gasteiger partial charge in [0.2, 0.25) is 0 Å². The lowest BCUT2D eigenvalue weighted by Crippen LogP contribution is -2.64. The molecule has 0 aromatic carbocycles. The van der Waals surface area contributed by atoms with E-state index in [2.05, 4.69) is 33.8 Å². The first-order chi connectivity index (χ1) is 27.4. The molecule has 3 saturated carbocycles. The summed E-state index contributed by atoms with van der Waals surface area (Å²) in [7, 11) is 0. The molecule has 14 nitrogen and oxygen atoms in total. The van der Waals surface area contributed by atoms with Gasteiger partial charge in [-0.2, -0.15) is 0 Å². The van der Waals surface area contributed by atoms with Crippen LogP contribution in [0.2, 0.25) is 0 Å². The first-order valence-corrected chi connectivity index (χ1v) is 22.3. The maximum absolute atomic E-state index is 12.6. The molecule has 4 heterocycles. The van der Waals surface area contributed by atoms with Crippen LogP contribution in [0.15, 0.2) is 11.6 Å². The number of hydrogen-bond acceptors (Lipinski definition) is 14. The van der Waals surface area contributed by atoms with Crippen molar-refractivity contribution in [2.45, 2.75) is 192 Å². The van der Waals surface area contributed by atoms with E-state index in [1.165, 1.54) is 25.3 Å². The molecule has 330 valence electrons. The summed E-state index contributed by atoms with van der Waals surface area (Å²) in [6.07, 6.45) is -2.63. The molecule has 8 rings (SSSR count).